The molecule has 0 amide bonds. The first-order valence-electron chi connectivity index (χ1n) is 0.565. The molecular formula is HBFeNNdO3. The molecule has 0 spiro atoms. The van der Waals surface area contributed by atoms with Gasteiger partial charge < -0.3 is 5.21 Å². The Morgan fingerprint density at radius 3 is 1.57 bits per heavy atom. The molecule has 3 radical (unpaired) electrons. The normalized spacial score (nSPS) is 3.43. The van der Waals surface area contributed by atoms with Gasteiger partial charge in [0.2, 0.25) is 0 Å². The van der Waals surface area contributed by atoms with Crippen molar-refractivity contribution >= 4 is 8.41 Å². The quantitative estimate of drug-likeness (QED) is 0.360. The first-order valence-corrected chi connectivity index (χ1v) is 0.565. The number of nitrogens with zero attached hydrogens (tertiary/aromatic N) is 1. The summed E-state index contributed by atoms with van der Waals surface area (Å²) in [4.78, 5) is 8.36. The van der Waals surface area contributed by atoms with Crippen LogP contribution in [0.2, 0.25) is 0 Å². The van der Waals surface area contributed by atoms with Crippen molar-refractivity contribution in [3.63, 3.8) is 0 Å². The summed E-state index contributed by atoms with van der Waals surface area (Å²) in [6.07, 6.45) is 0. The zero-order valence-electron chi connectivity index (χ0n) is 3.14. The maximum Gasteiger partial charge on any atom is 0.291 e. The predicted octanol–water partition coefficient (Wildman–Crippen LogP) is -0.731. The van der Waals surface area contributed by atoms with Gasteiger partial charge in [0.15, 0.2) is 0 Å². The van der Waals surface area contributed by atoms with Crippen molar-refractivity contribution in [2.45, 2.75) is 0 Å². The minimum absolute atomic E-state index is 0. The van der Waals surface area contributed by atoms with E-state index in [1.54, 1.807) is 0 Å². The average molecular weight is 274 g/mol. The van der Waals surface area contributed by atoms with E-state index in [1.807, 2.05) is 0 Å². The van der Waals surface area contributed by atoms with E-state index in [-0.39, 0.29) is 66.3 Å². The molecule has 0 unspecified atom stereocenters. The Morgan fingerprint density at radius 1 is 1.57 bits per heavy atom. The summed E-state index contributed by atoms with van der Waals surface area (Å²) in [5.74, 6) is 0. The molecule has 0 aliphatic carbocycles. The molecule has 0 atom stereocenters. The predicted molar refractivity (Wildman–Crippen MR) is 14.5 cm³/mol. The summed E-state index contributed by atoms with van der Waals surface area (Å²) < 4.78 is 0. The summed E-state index contributed by atoms with van der Waals surface area (Å²) in [5, 5.41) is 13.6. The van der Waals surface area contributed by atoms with Gasteiger partial charge in [-0.05, 0) is 0 Å². The summed E-state index contributed by atoms with van der Waals surface area (Å²) in [6, 6.07) is 0. The molecule has 0 heterocycles. The first kappa shape index (κ1) is 24.2. The van der Waals surface area contributed by atoms with E-state index >= 15 is 0 Å². The number of hydrogen-bond acceptors (Lipinski definition) is 2. The Morgan fingerprint density at radius 2 is 1.57 bits per heavy atom. The van der Waals surface area contributed by atoms with Gasteiger partial charge in [-0.3, -0.25) is 0 Å². The molecule has 0 fully saturated rings. The topological polar surface area (TPSA) is 63.4 Å². The Kier molecular flexibility index (Phi) is 54.3. The van der Waals surface area contributed by atoms with E-state index in [0.717, 1.165) is 0 Å². The van der Waals surface area contributed by atoms with Crippen LogP contribution in [-0.2, 0) is 17.1 Å². The van der Waals surface area contributed by atoms with Crippen molar-refractivity contribution in [2.24, 2.45) is 0 Å². The van der Waals surface area contributed by atoms with Crippen molar-refractivity contribution in [1.29, 1.82) is 0 Å². The third-order valence-electron chi connectivity index (χ3n) is 0. The van der Waals surface area contributed by atoms with Gasteiger partial charge in [0.25, 0.3) is 5.09 Å². The SMILES string of the molecule is O=[N+]([O-])O.[B].[Fe].[Nd]. The van der Waals surface area contributed by atoms with E-state index < -0.39 is 5.09 Å². The van der Waals surface area contributed by atoms with Crippen molar-refractivity contribution in [3.05, 3.63) is 10.1 Å². The van der Waals surface area contributed by atoms with Crippen LogP contribution in [0.5, 0.6) is 0 Å². The molecule has 0 aliphatic heterocycles. The van der Waals surface area contributed by atoms with E-state index in [1.165, 1.54) is 0 Å². The molecule has 0 bridgehead atoms. The summed E-state index contributed by atoms with van der Waals surface area (Å²) in [7, 11) is 0. The zero-order valence-corrected chi connectivity index (χ0v) is 7.45. The van der Waals surface area contributed by atoms with Gasteiger partial charge in [-0.15, -0.1) is 10.1 Å². The van der Waals surface area contributed by atoms with Crippen LogP contribution in [0.1, 0.15) is 0 Å². The molecule has 0 aliphatic rings. The van der Waals surface area contributed by atoms with Crippen LogP contribution < -0.4 is 0 Å². The Hall–Kier alpha value is 1.14. The van der Waals surface area contributed by atoms with Gasteiger partial charge in [-0.2, -0.15) is 0 Å². The molecule has 4 nitrogen and oxygen atoms in total. The van der Waals surface area contributed by atoms with Crippen LogP contribution in [0.3, 0.4) is 0 Å². The minimum atomic E-state index is -1.50. The largest absolute Gasteiger partial charge is 0.328 e. The van der Waals surface area contributed by atoms with Crippen LogP contribution in [0.15, 0.2) is 0 Å². The number of hydrogen-bond donors (Lipinski definition) is 1. The fourth-order valence-corrected chi connectivity index (χ4v) is 0. The molecule has 0 saturated heterocycles. The van der Waals surface area contributed by atoms with Gasteiger partial charge in [0.1, 0.15) is 0 Å². The van der Waals surface area contributed by atoms with Crippen molar-refractivity contribution < 1.29 is 68.2 Å². The molecule has 0 saturated carbocycles. The summed E-state index contributed by atoms with van der Waals surface area (Å²) in [6.45, 7) is 0. The van der Waals surface area contributed by atoms with E-state index in [2.05, 4.69) is 0 Å². The van der Waals surface area contributed by atoms with E-state index in [0.29, 0.717) is 0 Å². The van der Waals surface area contributed by atoms with Gasteiger partial charge in [-0.1, -0.05) is 0 Å². The van der Waals surface area contributed by atoms with Crippen LogP contribution in [0.25, 0.3) is 0 Å². The van der Waals surface area contributed by atoms with E-state index in [4.69, 9.17) is 15.3 Å². The molecular weight excluding hydrogens is 273 g/mol. The molecule has 1 N–H and O–H groups in total. The molecule has 0 aromatic carbocycles. The Balaban J connectivity index is -0.0000000150. The first-order chi connectivity index (χ1) is 1.73. The van der Waals surface area contributed by atoms with Crippen molar-refractivity contribution in [1.82, 2.24) is 0 Å². The second-order valence-corrected chi connectivity index (χ2v) is 0.238. The molecule has 39 valence electrons. The monoisotopic (exact) mass is 272 g/mol. The third-order valence-corrected chi connectivity index (χ3v) is 0. The molecule has 0 aromatic rings. The van der Waals surface area contributed by atoms with Crippen LogP contribution in [0, 0.1) is 51.0 Å². The smallest absolute Gasteiger partial charge is 0.291 e. The summed E-state index contributed by atoms with van der Waals surface area (Å²) in [5.41, 5.74) is 0. The fraction of sp³-hybridized carbons (Fsp3) is 0. The average Bonchev–Trinajstić information content (AvgIpc) is 0.811. The van der Waals surface area contributed by atoms with Gasteiger partial charge in [-0.25, -0.2) is 0 Å². The van der Waals surface area contributed by atoms with Gasteiger partial charge >= 0.3 is 0 Å². The van der Waals surface area contributed by atoms with Crippen LogP contribution in [0.4, 0.5) is 0 Å². The Bertz CT molecular complexity index is 37.9. The fourth-order valence-electron chi connectivity index (χ4n) is 0. The third kappa shape index (κ3) is 146. The minimum Gasteiger partial charge on any atom is -0.328 e. The standard InChI is InChI=1S/B.Fe.HNO3.Nd/c;;2-1(3)4;/h;;(H,2,3,4);. The zero-order chi connectivity index (χ0) is 3.58. The summed E-state index contributed by atoms with van der Waals surface area (Å²) >= 11 is 0. The van der Waals surface area contributed by atoms with Gasteiger partial charge in [0.05, 0.1) is 0 Å². The second-order valence-electron chi connectivity index (χ2n) is 0.238. The van der Waals surface area contributed by atoms with Crippen LogP contribution in [-0.4, -0.2) is 18.7 Å². The maximum absolute atomic E-state index is 8.36. The van der Waals surface area contributed by atoms with Crippen LogP contribution >= 0.6 is 0 Å². The maximum atomic E-state index is 8.36. The second kappa shape index (κ2) is 15.7. The molecule has 0 aromatic heterocycles. The number of rotatable bonds is 0. The molecule has 7 heavy (non-hydrogen) atoms. The van der Waals surface area contributed by atoms with Crippen molar-refractivity contribution in [2.75, 3.05) is 0 Å². The van der Waals surface area contributed by atoms with E-state index in [9.17, 15) is 0 Å². The van der Waals surface area contributed by atoms with Crippen molar-refractivity contribution in [3.8, 4) is 0 Å². The molecule has 0 rings (SSSR count). The molecule has 7 heteroatoms. The van der Waals surface area contributed by atoms with Gasteiger partial charge in [0, 0.05) is 66.3 Å². The Labute approximate surface area is 85.7 Å².